The highest BCUT2D eigenvalue weighted by atomic mass is 15.2. The number of benzene rings is 4. The normalized spacial score (nSPS) is 24.1. The Labute approximate surface area is 339 Å². The summed E-state index contributed by atoms with van der Waals surface area (Å²) < 4.78 is 2.45. The highest BCUT2D eigenvalue weighted by Gasteiger charge is 2.45. The Morgan fingerprint density at radius 3 is 2.35 bits per heavy atom. The molecule has 6 aliphatic carbocycles. The molecule has 0 aliphatic heterocycles. The van der Waals surface area contributed by atoms with Gasteiger partial charge in [0.1, 0.15) is 0 Å². The van der Waals surface area contributed by atoms with Crippen molar-refractivity contribution in [2.45, 2.75) is 97.1 Å². The number of hydrogen-bond donors (Lipinski definition) is 0. The van der Waals surface area contributed by atoms with E-state index in [0.29, 0.717) is 5.92 Å². The third-order valence-electron chi connectivity index (χ3n) is 14.7. The maximum Gasteiger partial charge on any atom is 0.0541 e. The first-order valence-electron chi connectivity index (χ1n) is 21.7. The predicted molar refractivity (Wildman–Crippen MR) is 242 cm³/mol. The summed E-state index contributed by atoms with van der Waals surface area (Å²) in [6, 6.07) is 33.0. The molecule has 0 N–H and O–H groups in total. The molecule has 6 aliphatic rings. The van der Waals surface area contributed by atoms with Crippen LogP contribution in [-0.2, 0) is 5.41 Å². The minimum atomic E-state index is -0.0423. The van der Waals surface area contributed by atoms with Crippen molar-refractivity contribution >= 4 is 38.8 Å². The molecular formula is C55H54N2. The molecule has 4 aromatic carbocycles. The van der Waals surface area contributed by atoms with E-state index in [9.17, 15) is 0 Å². The van der Waals surface area contributed by atoms with E-state index >= 15 is 0 Å². The van der Waals surface area contributed by atoms with Crippen LogP contribution < -0.4 is 4.90 Å². The van der Waals surface area contributed by atoms with Gasteiger partial charge in [-0.1, -0.05) is 137 Å². The standard InChI is InChI=1S/C55H54N2/c1-35-14-13-19-46-44-30-28-41(34-50(44)55(4,5)53(35)46)56(40-27-29-43-42-17-9-11-20-48(42)54(2,3)49(43)33-40)39-25-22-36(23-26-39)37-24-31-52-47(32-37)45-18-10-12-21-51(45)57(52)38-15-7-6-8-16-38/h7,9-12,15-18,20-25,27,29-35,39,41H,6,8,13-14,19,26,28H2,1-5H3. The van der Waals surface area contributed by atoms with E-state index in [1.807, 2.05) is 0 Å². The molecule has 0 spiro atoms. The van der Waals surface area contributed by atoms with Gasteiger partial charge in [0.15, 0.2) is 0 Å². The van der Waals surface area contributed by atoms with Crippen LogP contribution in [0, 0.1) is 11.3 Å². The third-order valence-corrected chi connectivity index (χ3v) is 14.7. The van der Waals surface area contributed by atoms with E-state index < -0.39 is 0 Å². The van der Waals surface area contributed by atoms with Gasteiger partial charge in [-0.2, -0.15) is 0 Å². The molecule has 0 fully saturated rings. The highest BCUT2D eigenvalue weighted by molar-refractivity contribution is 6.11. The minimum absolute atomic E-state index is 0.0423. The molecule has 0 radical (unpaired) electrons. The fourth-order valence-electron chi connectivity index (χ4n) is 12.0. The lowest BCUT2D eigenvalue weighted by molar-refractivity contribution is 0.433. The summed E-state index contributed by atoms with van der Waals surface area (Å²) in [5.74, 6) is 0.660. The summed E-state index contributed by atoms with van der Waals surface area (Å²) in [4.78, 5) is 2.78. The van der Waals surface area contributed by atoms with Gasteiger partial charge in [-0.05, 0) is 137 Å². The number of fused-ring (bicyclic) bond motifs is 8. The number of hydrogen-bond acceptors (Lipinski definition) is 1. The van der Waals surface area contributed by atoms with Gasteiger partial charge in [0.05, 0.1) is 23.1 Å². The molecule has 11 rings (SSSR count). The average molecular weight is 743 g/mol. The molecule has 3 unspecified atom stereocenters. The highest BCUT2D eigenvalue weighted by Crippen LogP contribution is 2.58. The molecule has 0 saturated carbocycles. The van der Waals surface area contributed by atoms with E-state index in [1.165, 1.54) is 85.8 Å². The van der Waals surface area contributed by atoms with Crippen molar-refractivity contribution in [3.8, 4) is 11.1 Å². The van der Waals surface area contributed by atoms with E-state index in [1.54, 1.807) is 22.3 Å². The number of para-hydroxylation sites is 1. The number of rotatable bonds is 5. The zero-order valence-corrected chi connectivity index (χ0v) is 34.3. The van der Waals surface area contributed by atoms with Gasteiger partial charge in [0, 0.05) is 33.0 Å². The fraction of sp³-hybridized carbons (Fsp3) is 0.309. The zero-order chi connectivity index (χ0) is 38.6. The Bertz CT molecular complexity index is 2740. The van der Waals surface area contributed by atoms with Crippen LogP contribution in [0.25, 0.3) is 44.2 Å². The average Bonchev–Trinajstić information content (AvgIpc) is 3.78. The van der Waals surface area contributed by atoms with Gasteiger partial charge in [0.25, 0.3) is 0 Å². The Hall–Kier alpha value is -5.34. The minimum Gasteiger partial charge on any atom is -0.358 e. The van der Waals surface area contributed by atoms with Crippen molar-refractivity contribution in [1.82, 2.24) is 4.57 Å². The molecule has 2 heteroatoms. The topological polar surface area (TPSA) is 8.17 Å². The van der Waals surface area contributed by atoms with Gasteiger partial charge < -0.3 is 9.47 Å². The SMILES string of the molecule is CC1CCCC2=C1C(C)(C)C1=CC(N(c3ccc4c(c3)C(C)(C)c3ccccc3-4)C3C=CC(c4ccc5c(c4)c4ccccc4n5C4=CCCC=C4)=CC3)CC=C12. The fourth-order valence-corrected chi connectivity index (χ4v) is 12.0. The molecule has 284 valence electrons. The summed E-state index contributed by atoms with van der Waals surface area (Å²) >= 11 is 0. The van der Waals surface area contributed by atoms with E-state index in [-0.39, 0.29) is 22.9 Å². The molecule has 5 aromatic rings. The number of nitrogens with zero attached hydrogens (tertiary/aromatic N) is 2. The number of aromatic nitrogens is 1. The molecule has 0 bridgehead atoms. The maximum atomic E-state index is 2.78. The van der Waals surface area contributed by atoms with Crippen LogP contribution in [0.15, 0.2) is 156 Å². The molecule has 1 heterocycles. The van der Waals surface area contributed by atoms with Gasteiger partial charge in [0.2, 0.25) is 0 Å². The van der Waals surface area contributed by atoms with Gasteiger partial charge in [-0.15, -0.1) is 0 Å². The predicted octanol–water partition coefficient (Wildman–Crippen LogP) is 14.3. The first kappa shape index (κ1) is 34.9. The van der Waals surface area contributed by atoms with E-state index in [2.05, 4.69) is 178 Å². The van der Waals surface area contributed by atoms with Crippen molar-refractivity contribution in [3.63, 3.8) is 0 Å². The molecule has 3 atom stereocenters. The maximum absolute atomic E-state index is 2.78. The second-order valence-corrected chi connectivity index (χ2v) is 18.6. The second kappa shape index (κ2) is 12.8. The monoisotopic (exact) mass is 742 g/mol. The molecule has 0 saturated heterocycles. The van der Waals surface area contributed by atoms with Crippen LogP contribution >= 0.6 is 0 Å². The van der Waals surface area contributed by atoms with Crippen molar-refractivity contribution in [1.29, 1.82) is 0 Å². The van der Waals surface area contributed by atoms with Crippen molar-refractivity contribution in [3.05, 3.63) is 173 Å². The van der Waals surface area contributed by atoms with Crippen LogP contribution in [-0.4, -0.2) is 16.7 Å². The van der Waals surface area contributed by atoms with Crippen LogP contribution in [0.2, 0.25) is 0 Å². The number of allylic oxidation sites excluding steroid dienone is 10. The second-order valence-electron chi connectivity index (χ2n) is 18.6. The molecule has 0 amide bonds. The lowest BCUT2D eigenvalue weighted by Crippen LogP contribution is -2.43. The van der Waals surface area contributed by atoms with Crippen LogP contribution in [0.5, 0.6) is 0 Å². The van der Waals surface area contributed by atoms with Crippen molar-refractivity contribution in [2.24, 2.45) is 11.3 Å². The Morgan fingerprint density at radius 2 is 1.51 bits per heavy atom. The van der Waals surface area contributed by atoms with E-state index in [4.69, 9.17) is 0 Å². The summed E-state index contributed by atoms with van der Waals surface area (Å²) in [5, 5.41) is 2.64. The largest absolute Gasteiger partial charge is 0.358 e. The van der Waals surface area contributed by atoms with Crippen LogP contribution in [0.1, 0.15) is 96.3 Å². The smallest absolute Gasteiger partial charge is 0.0541 e. The first-order chi connectivity index (χ1) is 27.7. The lowest BCUT2D eigenvalue weighted by atomic mass is 9.72. The van der Waals surface area contributed by atoms with E-state index in [0.717, 1.165) is 25.7 Å². The number of anilines is 1. The lowest BCUT2D eigenvalue weighted by Gasteiger charge is -2.41. The molecule has 57 heavy (non-hydrogen) atoms. The molecular weight excluding hydrogens is 689 g/mol. The quantitative estimate of drug-likeness (QED) is 0.174. The zero-order valence-electron chi connectivity index (χ0n) is 34.3. The summed E-state index contributed by atoms with van der Waals surface area (Å²) in [5.41, 5.74) is 20.0. The Balaban J connectivity index is 0.975. The summed E-state index contributed by atoms with van der Waals surface area (Å²) in [7, 11) is 0. The van der Waals surface area contributed by atoms with Gasteiger partial charge >= 0.3 is 0 Å². The molecule has 1 aromatic heterocycles. The van der Waals surface area contributed by atoms with Crippen LogP contribution in [0.4, 0.5) is 5.69 Å². The Kier molecular flexibility index (Phi) is 7.85. The van der Waals surface area contributed by atoms with Gasteiger partial charge in [-0.3, -0.25) is 0 Å². The summed E-state index contributed by atoms with van der Waals surface area (Å²) in [6.07, 6.45) is 27.8. The van der Waals surface area contributed by atoms with Crippen LogP contribution in [0.3, 0.4) is 0 Å². The third kappa shape index (κ3) is 5.22. The summed E-state index contributed by atoms with van der Waals surface area (Å²) in [6.45, 7) is 12.3. The van der Waals surface area contributed by atoms with Crippen molar-refractivity contribution < 1.29 is 0 Å². The Morgan fingerprint density at radius 1 is 0.702 bits per heavy atom. The first-order valence-corrected chi connectivity index (χ1v) is 21.7. The molecule has 2 nitrogen and oxygen atoms in total. The van der Waals surface area contributed by atoms with Crippen molar-refractivity contribution in [2.75, 3.05) is 4.90 Å². The van der Waals surface area contributed by atoms with Gasteiger partial charge in [-0.25, -0.2) is 0 Å².